The molecule has 1 aliphatic rings. The van der Waals surface area contributed by atoms with Crippen molar-refractivity contribution in [3.05, 3.63) is 0 Å². The zero-order chi connectivity index (χ0) is 10.0. The monoisotopic (exact) mass is 298 g/mol. The Morgan fingerprint density at radius 2 is 2.31 bits per heavy atom. The van der Waals surface area contributed by atoms with E-state index < -0.39 is 6.10 Å². The van der Waals surface area contributed by atoms with E-state index in [4.69, 9.17) is 9.47 Å². The van der Waals surface area contributed by atoms with Gasteiger partial charge in [-0.1, -0.05) is 22.6 Å². The molecule has 1 aliphatic heterocycles. The van der Waals surface area contributed by atoms with Crippen molar-refractivity contribution in [2.24, 2.45) is 5.92 Å². The van der Waals surface area contributed by atoms with Crippen LogP contribution >= 0.6 is 22.6 Å². The minimum atomic E-state index is -0.415. The zero-order valence-electron chi connectivity index (χ0n) is 7.45. The van der Waals surface area contributed by atoms with Crippen LogP contribution in [0.2, 0.25) is 0 Å². The van der Waals surface area contributed by atoms with E-state index in [0.717, 1.165) is 0 Å². The van der Waals surface area contributed by atoms with Crippen molar-refractivity contribution in [3.63, 3.8) is 0 Å². The number of hydrogen-bond donors (Lipinski definition) is 0. The molecule has 0 saturated carbocycles. The average Bonchev–Trinajstić information content (AvgIpc) is 2.31. The maximum absolute atomic E-state index is 11.1. The van der Waals surface area contributed by atoms with E-state index >= 15 is 0 Å². The molecule has 1 saturated heterocycles. The fourth-order valence-corrected chi connectivity index (χ4v) is 1.95. The lowest BCUT2D eigenvalue weighted by atomic mass is 10.0. The van der Waals surface area contributed by atoms with Gasteiger partial charge in [0.2, 0.25) is 0 Å². The van der Waals surface area contributed by atoms with Gasteiger partial charge in [-0.2, -0.15) is 0 Å². The predicted octanol–water partition coefficient (Wildman–Crippen LogP) is 0.915. The van der Waals surface area contributed by atoms with Crippen LogP contribution < -0.4 is 0 Å². The normalized spacial score (nSPS) is 32.8. The van der Waals surface area contributed by atoms with E-state index in [0.29, 0.717) is 4.43 Å². The first-order valence-electron chi connectivity index (χ1n) is 4.00. The molecule has 0 N–H and O–H groups in total. The van der Waals surface area contributed by atoms with Crippen LogP contribution in [-0.2, 0) is 19.1 Å². The summed E-state index contributed by atoms with van der Waals surface area (Å²) in [5, 5.41) is 0. The second-order valence-electron chi connectivity index (χ2n) is 2.99. The lowest BCUT2D eigenvalue weighted by Gasteiger charge is -2.16. The second-order valence-corrected chi connectivity index (χ2v) is 3.87. The molecule has 3 atom stereocenters. The van der Waals surface area contributed by atoms with Crippen LogP contribution in [0.1, 0.15) is 13.8 Å². The highest BCUT2D eigenvalue weighted by Crippen LogP contribution is 2.25. The smallest absolute Gasteiger partial charge is 0.313 e. The third-order valence-electron chi connectivity index (χ3n) is 1.95. The highest BCUT2D eigenvalue weighted by Gasteiger charge is 2.43. The van der Waals surface area contributed by atoms with Gasteiger partial charge < -0.3 is 9.47 Å². The molecule has 4 nitrogen and oxygen atoms in total. The SMILES string of the molecule is CC(=O)O[C@@H]1[C@H](C)C(=O)O[C@@H]1CI. The Morgan fingerprint density at radius 3 is 2.77 bits per heavy atom. The second kappa shape index (κ2) is 4.26. The molecule has 0 unspecified atom stereocenters. The molecule has 0 aromatic heterocycles. The number of rotatable bonds is 2. The van der Waals surface area contributed by atoms with Gasteiger partial charge in [-0.25, -0.2) is 0 Å². The number of ether oxygens (including phenoxy) is 2. The quantitative estimate of drug-likeness (QED) is 0.432. The van der Waals surface area contributed by atoms with Gasteiger partial charge >= 0.3 is 11.9 Å². The Hall–Kier alpha value is -0.330. The van der Waals surface area contributed by atoms with Crippen LogP contribution in [-0.4, -0.2) is 28.6 Å². The van der Waals surface area contributed by atoms with Crippen molar-refractivity contribution in [1.82, 2.24) is 0 Å². The number of halogens is 1. The van der Waals surface area contributed by atoms with Gasteiger partial charge in [0.1, 0.15) is 6.10 Å². The summed E-state index contributed by atoms with van der Waals surface area (Å²) in [6.07, 6.45) is -0.700. The number of cyclic esters (lactones) is 1. The first kappa shape index (κ1) is 10.7. The molecule has 1 heterocycles. The Bertz CT molecular complexity index is 228. The summed E-state index contributed by atoms with van der Waals surface area (Å²) in [5.41, 5.74) is 0. The van der Waals surface area contributed by atoms with Gasteiger partial charge in [0.25, 0.3) is 0 Å². The molecule has 13 heavy (non-hydrogen) atoms. The van der Waals surface area contributed by atoms with Gasteiger partial charge in [0.05, 0.1) is 5.92 Å². The molecule has 0 aliphatic carbocycles. The molecule has 1 fully saturated rings. The Balaban J connectivity index is 2.67. The molecule has 0 radical (unpaired) electrons. The number of carbonyl (C=O) groups excluding carboxylic acids is 2. The molecule has 0 amide bonds. The fraction of sp³-hybridized carbons (Fsp3) is 0.750. The van der Waals surface area contributed by atoms with Crippen molar-refractivity contribution in [1.29, 1.82) is 0 Å². The number of carbonyl (C=O) groups is 2. The van der Waals surface area contributed by atoms with Crippen molar-refractivity contribution in [3.8, 4) is 0 Å². The Labute approximate surface area is 90.1 Å². The molecule has 74 valence electrons. The number of esters is 2. The third kappa shape index (κ3) is 2.32. The Morgan fingerprint density at radius 1 is 1.69 bits per heavy atom. The zero-order valence-corrected chi connectivity index (χ0v) is 9.61. The van der Waals surface area contributed by atoms with Crippen LogP contribution in [0, 0.1) is 5.92 Å². The maximum Gasteiger partial charge on any atom is 0.313 e. The fourth-order valence-electron chi connectivity index (χ4n) is 1.27. The lowest BCUT2D eigenvalue weighted by Crippen LogP contribution is -2.31. The first-order valence-corrected chi connectivity index (χ1v) is 5.52. The summed E-state index contributed by atoms with van der Waals surface area (Å²) in [7, 11) is 0. The summed E-state index contributed by atoms with van der Waals surface area (Å²) in [6.45, 7) is 3.04. The van der Waals surface area contributed by atoms with Gasteiger partial charge in [0, 0.05) is 11.4 Å². The maximum atomic E-state index is 11.1. The largest absolute Gasteiger partial charge is 0.458 e. The Kier molecular flexibility index (Phi) is 3.52. The van der Waals surface area contributed by atoms with Gasteiger partial charge in [-0.15, -0.1) is 0 Å². The van der Waals surface area contributed by atoms with Crippen LogP contribution in [0.4, 0.5) is 0 Å². The molecule has 1 rings (SSSR count). The van der Waals surface area contributed by atoms with E-state index in [1.807, 2.05) is 0 Å². The van der Waals surface area contributed by atoms with E-state index in [1.54, 1.807) is 6.92 Å². The molecular formula is C8H11IO4. The summed E-state index contributed by atoms with van der Waals surface area (Å²) in [4.78, 5) is 21.8. The third-order valence-corrected chi connectivity index (χ3v) is 2.82. The van der Waals surface area contributed by atoms with Crippen LogP contribution in [0.3, 0.4) is 0 Å². The van der Waals surface area contributed by atoms with E-state index in [9.17, 15) is 9.59 Å². The summed E-state index contributed by atoms with van der Waals surface area (Å²) < 4.78 is 10.7. The molecule has 0 spiro atoms. The molecule has 0 bridgehead atoms. The van der Waals surface area contributed by atoms with Crippen molar-refractivity contribution < 1.29 is 19.1 Å². The van der Waals surface area contributed by atoms with Crippen LogP contribution in [0.15, 0.2) is 0 Å². The number of hydrogen-bond acceptors (Lipinski definition) is 4. The lowest BCUT2D eigenvalue weighted by molar-refractivity contribution is -0.150. The van der Waals surface area contributed by atoms with Crippen molar-refractivity contribution >= 4 is 34.5 Å². The van der Waals surface area contributed by atoms with E-state index in [-0.39, 0.29) is 24.0 Å². The van der Waals surface area contributed by atoms with Crippen LogP contribution in [0.25, 0.3) is 0 Å². The van der Waals surface area contributed by atoms with E-state index in [1.165, 1.54) is 6.92 Å². The minimum Gasteiger partial charge on any atom is -0.458 e. The molecular weight excluding hydrogens is 287 g/mol. The van der Waals surface area contributed by atoms with Gasteiger partial charge in [-0.05, 0) is 6.92 Å². The topological polar surface area (TPSA) is 52.6 Å². The minimum absolute atomic E-state index is 0.284. The molecule has 0 aromatic rings. The molecule has 0 aromatic carbocycles. The highest BCUT2D eigenvalue weighted by atomic mass is 127. The average molecular weight is 298 g/mol. The standard InChI is InChI=1S/C8H11IO4/c1-4-7(12-5(2)10)6(3-9)13-8(4)11/h4,6-7H,3H2,1-2H3/t4-,6+,7+/m0/s1. The van der Waals surface area contributed by atoms with E-state index in [2.05, 4.69) is 22.6 Å². The van der Waals surface area contributed by atoms with Gasteiger partial charge in [0.15, 0.2) is 6.10 Å². The first-order chi connectivity index (χ1) is 6.06. The van der Waals surface area contributed by atoms with Crippen molar-refractivity contribution in [2.45, 2.75) is 26.1 Å². The predicted molar refractivity (Wildman–Crippen MR) is 53.5 cm³/mol. The number of alkyl halides is 1. The summed E-state index contributed by atoms with van der Waals surface area (Å²) >= 11 is 2.10. The summed E-state index contributed by atoms with van der Waals surface area (Å²) in [5.74, 6) is -0.999. The highest BCUT2D eigenvalue weighted by molar-refractivity contribution is 14.1. The summed E-state index contributed by atoms with van der Waals surface area (Å²) in [6, 6.07) is 0. The van der Waals surface area contributed by atoms with Gasteiger partial charge in [-0.3, -0.25) is 9.59 Å². The van der Waals surface area contributed by atoms with Crippen LogP contribution in [0.5, 0.6) is 0 Å². The van der Waals surface area contributed by atoms with Crippen molar-refractivity contribution in [2.75, 3.05) is 4.43 Å². The molecule has 5 heteroatoms.